The highest BCUT2D eigenvalue weighted by molar-refractivity contribution is 6.33. The number of hydrazone groups is 1. The van der Waals surface area contributed by atoms with E-state index in [1.54, 1.807) is 12.1 Å². The highest BCUT2D eigenvalue weighted by atomic mass is 35.5. The number of rotatable bonds is 6. The van der Waals surface area contributed by atoms with E-state index in [1.165, 1.54) is 24.4 Å². The Balaban J connectivity index is 1.50. The van der Waals surface area contributed by atoms with E-state index in [9.17, 15) is 14.9 Å². The number of nitrogens with zero attached hydrogens (tertiary/aromatic N) is 3. The first-order valence-electron chi connectivity index (χ1n) is 10.1. The molecule has 0 aliphatic heterocycles. The van der Waals surface area contributed by atoms with Gasteiger partial charge >= 0.3 is 0 Å². The molecule has 0 bridgehead atoms. The second kappa shape index (κ2) is 9.50. The summed E-state index contributed by atoms with van der Waals surface area (Å²) >= 11 is 6.04. The zero-order valence-corrected chi connectivity index (χ0v) is 18.4. The van der Waals surface area contributed by atoms with Gasteiger partial charge < -0.3 is 4.57 Å². The van der Waals surface area contributed by atoms with Crippen molar-refractivity contribution in [1.29, 1.82) is 0 Å². The lowest BCUT2D eigenvalue weighted by molar-refractivity contribution is -0.384. The van der Waals surface area contributed by atoms with E-state index in [1.807, 2.05) is 37.3 Å². The number of amides is 1. The normalized spacial score (nSPS) is 11.0. The molecular formula is C25H19ClN4O3. The van der Waals surface area contributed by atoms with Crippen LogP contribution in [0, 0.1) is 17.0 Å². The number of hydrogen-bond donors (Lipinski definition) is 1. The molecule has 0 saturated heterocycles. The molecule has 0 aliphatic rings. The molecule has 4 rings (SSSR count). The zero-order chi connectivity index (χ0) is 23.4. The van der Waals surface area contributed by atoms with E-state index in [4.69, 9.17) is 11.6 Å². The lowest BCUT2D eigenvalue weighted by Gasteiger charge is -2.12. The molecule has 0 radical (unpaired) electrons. The van der Waals surface area contributed by atoms with Crippen LogP contribution in [-0.2, 0) is 0 Å². The van der Waals surface area contributed by atoms with Crippen molar-refractivity contribution in [2.24, 2.45) is 5.10 Å². The molecule has 3 aromatic carbocycles. The van der Waals surface area contributed by atoms with Crippen molar-refractivity contribution in [3.63, 3.8) is 0 Å². The molecule has 0 spiro atoms. The van der Waals surface area contributed by atoms with E-state index in [0.29, 0.717) is 16.1 Å². The average molecular weight is 459 g/mol. The Morgan fingerprint density at radius 2 is 1.76 bits per heavy atom. The fourth-order valence-electron chi connectivity index (χ4n) is 3.45. The number of aryl methyl sites for hydroxylation is 1. The number of halogens is 1. The first-order chi connectivity index (χ1) is 15.9. The van der Waals surface area contributed by atoms with E-state index in [0.717, 1.165) is 22.6 Å². The van der Waals surface area contributed by atoms with Gasteiger partial charge in [0.2, 0.25) is 0 Å². The molecular weight excluding hydrogens is 440 g/mol. The van der Waals surface area contributed by atoms with Crippen LogP contribution in [0.25, 0.3) is 16.9 Å². The van der Waals surface area contributed by atoms with Crippen LogP contribution in [0.5, 0.6) is 0 Å². The summed E-state index contributed by atoms with van der Waals surface area (Å²) in [4.78, 5) is 22.9. The molecule has 4 aromatic rings. The number of non-ortho nitro benzene ring substituents is 1. The van der Waals surface area contributed by atoms with Gasteiger partial charge in [0.1, 0.15) is 0 Å². The van der Waals surface area contributed by atoms with E-state index in [-0.39, 0.29) is 5.69 Å². The molecule has 0 atom stereocenters. The largest absolute Gasteiger partial charge is 0.314 e. The van der Waals surface area contributed by atoms with Gasteiger partial charge in [0.15, 0.2) is 0 Å². The summed E-state index contributed by atoms with van der Waals surface area (Å²) in [5, 5.41) is 15.1. The minimum absolute atomic E-state index is 0.113. The van der Waals surface area contributed by atoms with Crippen LogP contribution >= 0.6 is 11.6 Å². The van der Waals surface area contributed by atoms with Crippen LogP contribution < -0.4 is 5.43 Å². The summed E-state index contributed by atoms with van der Waals surface area (Å²) in [5.74, 6) is -0.410. The molecule has 1 N–H and O–H groups in total. The molecule has 0 saturated carbocycles. The lowest BCUT2D eigenvalue weighted by Crippen LogP contribution is -2.17. The second-order valence-corrected chi connectivity index (χ2v) is 7.68. The lowest BCUT2D eigenvalue weighted by atomic mass is 10.1. The maximum Gasteiger partial charge on any atom is 0.271 e. The number of carbonyl (C=O) groups excluding carboxylic acids is 1. The van der Waals surface area contributed by atoms with Crippen molar-refractivity contribution in [2.45, 2.75) is 6.92 Å². The Hall–Kier alpha value is -4.23. The molecule has 33 heavy (non-hydrogen) atoms. The Morgan fingerprint density at radius 3 is 2.45 bits per heavy atom. The third-order valence-electron chi connectivity index (χ3n) is 5.09. The number of carbonyl (C=O) groups is 1. The minimum Gasteiger partial charge on any atom is -0.314 e. The predicted molar refractivity (Wildman–Crippen MR) is 129 cm³/mol. The van der Waals surface area contributed by atoms with Gasteiger partial charge in [0, 0.05) is 39.7 Å². The van der Waals surface area contributed by atoms with Crippen LogP contribution in [0.4, 0.5) is 5.69 Å². The molecule has 1 aromatic heterocycles. The molecule has 1 heterocycles. The first kappa shape index (κ1) is 22.0. The second-order valence-electron chi connectivity index (χ2n) is 7.27. The van der Waals surface area contributed by atoms with Gasteiger partial charge in [-0.15, -0.1) is 0 Å². The number of benzene rings is 3. The Morgan fingerprint density at radius 1 is 1.03 bits per heavy atom. The molecule has 7 nitrogen and oxygen atoms in total. The summed E-state index contributed by atoms with van der Waals surface area (Å²) in [7, 11) is 0. The highest BCUT2D eigenvalue weighted by Gasteiger charge is 2.11. The zero-order valence-electron chi connectivity index (χ0n) is 17.6. The van der Waals surface area contributed by atoms with Gasteiger partial charge in [-0.25, -0.2) is 5.43 Å². The average Bonchev–Trinajstić information content (AvgIpc) is 3.22. The van der Waals surface area contributed by atoms with Crippen molar-refractivity contribution in [3.05, 3.63) is 117 Å². The fraction of sp³-hybridized carbons (Fsp3) is 0.0400. The van der Waals surface area contributed by atoms with E-state index < -0.39 is 10.8 Å². The van der Waals surface area contributed by atoms with Crippen LogP contribution in [0.3, 0.4) is 0 Å². The van der Waals surface area contributed by atoms with E-state index in [2.05, 4.69) is 39.4 Å². The molecule has 1 amide bonds. The molecule has 0 fully saturated rings. The van der Waals surface area contributed by atoms with Gasteiger partial charge in [-0.05, 0) is 55.0 Å². The number of nitrogens with one attached hydrogen (secondary N) is 1. The Labute approximate surface area is 195 Å². The molecule has 0 aliphatic carbocycles. The summed E-state index contributed by atoms with van der Waals surface area (Å²) in [6, 6.07) is 25.4. The third kappa shape index (κ3) is 4.83. The number of hydrogen-bond acceptors (Lipinski definition) is 4. The standard InChI is InChI=1S/C25H19ClN4O3/c1-17-7-14-24(18-5-3-2-4-6-18)29(17)21-10-8-19(9-11-21)25(31)28-27-16-20-15-22(30(32)33)12-13-23(20)26/h2-16H,1H3,(H,28,31). The topological polar surface area (TPSA) is 89.5 Å². The monoisotopic (exact) mass is 458 g/mol. The predicted octanol–water partition coefficient (Wildman–Crippen LogP) is 5.78. The minimum atomic E-state index is -0.524. The molecule has 164 valence electrons. The van der Waals surface area contributed by atoms with Gasteiger partial charge in [-0.2, -0.15) is 5.10 Å². The van der Waals surface area contributed by atoms with Crippen molar-refractivity contribution in [2.75, 3.05) is 0 Å². The number of nitro groups is 1. The van der Waals surface area contributed by atoms with E-state index >= 15 is 0 Å². The van der Waals surface area contributed by atoms with Crippen molar-refractivity contribution in [3.8, 4) is 16.9 Å². The van der Waals surface area contributed by atoms with Crippen LogP contribution in [0.1, 0.15) is 21.6 Å². The summed E-state index contributed by atoms with van der Waals surface area (Å²) < 4.78 is 2.12. The highest BCUT2D eigenvalue weighted by Crippen LogP contribution is 2.26. The van der Waals surface area contributed by atoms with Crippen molar-refractivity contribution >= 4 is 29.4 Å². The Bertz CT molecular complexity index is 1350. The quantitative estimate of drug-likeness (QED) is 0.225. The van der Waals surface area contributed by atoms with Gasteiger partial charge in [-0.1, -0.05) is 41.9 Å². The third-order valence-corrected chi connectivity index (χ3v) is 5.44. The van der Waals surface area contributed by atoms with Crippen molar-refractivity contribution < 1.29 is 9.72 Å². The van der Waals surface area contributed by atoms with Gasteiger partial charge in [-0.3, -0.25) is 14.9 Å². The first-order valence-corrected chi connectivity index (χ1v) is 10.4. The van der Waals surface area contributed by atoms with Gasteiger partial charge in [0.25, 0.3) is 11.6 Å². The van der Waals surface area contributed by atoms with Crippen molar-refractivity contribution in [1.82, 2.24) is 9.99 Å². The fourth-order valence-corrected chi connectivity index (χ4v) is 3.61. The summed E-state index contributed by atoms with van der Waals surface area (Å²) in [5.41, 5.74) is 7.22. The maximum absolute atomic E-state index is 12.5. The maximum atomic E-state index is 12.5. The van der Waals surface area contributed by atoms with Crippen LogP contribution in [-0.4, -0.2) is 21.6 Å². The smallest absolute Gasteiger partial charge is 0.271 e. The molecule has 0 unspecified atom stereocenters. The SMILES string of the molecule is Cc1ccc(-c2ccccc2)n1-c1ccc(C(=O)NN=Cc2cc([N+](=O)[O-])ccc2Cl)cc1. The van der Waals surface area contributed by atoms with Gasteiger partial charge in [0.05, 0.1) is 16.8 Å². The summed E-state index contributed by atoms with van der Waals surface area (Å²) in [6.45, 7) is 2.03. The Kier molecular flexibility index (Phi) is 6.33. The molecule has 8 heteroatoms. The van der Waals surface area contributed by atoms with Crippen LogP contribution in [0.2, 0.25) is 5.02 Å². The van der Waals surface area contributed by atoms with Crippen LogP contribution in [0.15, 0.2) is 90.0 Å². The number of nitro benzene ring substituents is 1. The summed E-state index contributed by atoms with van der Waals surface area (Å²) in [6.07, 6.45) is 1.27. The number of aromatic nitrogens is 1.